The van der Waals surface area contributed by atoms with Gasteiger partial charge in [-0.15, -0.1) is 0 Å². The normalized spacial score (nSPS) is 16.6. The van der Waals surface area contributed by atoms with Gasteiger partial charge in [-0.1, -0.05) is 6.07 Å². The Bertz CT molecular complexity index is 430. The first kappa shape index (κ1) is 13.5. The second-order valence-electron chi connectivity index (χ2n) is 4.56. The second kappa shape index (κ2) is 6.31. The lowest BCUT2D eigenvalue weighted by molar-refractivity contribution is -0.117. The molecule has 2 rings (SSSR count). The molecule has 1 aromatic carbocycles. The average molecular weight is 312 g/mol. The van der Waals surface area contributed by atoms with Gasteiger partial charge in [0.2, 0.25) is 5.91 Å². The van der Waals surface area contributed by atoms with Gasteiger partial charge in [-0.2, -0.15) is 0 Å². The van der Waals surface area contributed by atoms with Crippen molar-refractivity contribution >= 4 is 27.5 Å². The number of benzene rings is 1. The number of aryl methyl sites for hydroxylation is 1. The number of nitrogens with zero attached hydrogens (tertiary/aromatic N) is 1. The Balaban J connectivity index is 1.90. The maximum Gasteiger partial charge on any atom is 0.238 e. The first-order valence-electron chi connectivity index (χ1n) is 6.14. The van der Waals surface area contributed by atoms with Crippen LogP contribution in [0.2, 0.25) is 0 Å². The van der Waals surface area contributed by atoms with Crippen molar-refractivity contribution in [2.24, 2.45) is 0 Å². The summed E-state index contributed by atoms with van der Waals surface area (Å²) in [5.41, 5.74) is 2.00. The quantitative estimate of drug-likeness (QED) is 0.891. The lowest BCUT2D eigenvalue weighted by Gasteiger charge is -2.26. The number of halogens is 1. The number of rotatable bonds is 3. The smallest absolute Gasteiger partial charge is 0.238 e. The van der Waals surface area contributed by atoms with E-state index in [4.69, 9.17) is 0 Å². The van der Waals surface area contributed by atoms with Crippen molar-refractivity contribution in [3.8, 4) is 0 Å². The minimum absolute atomic E-state index is 0.0430. The van der Waals surface area contributed by atoms with E-state index < -0.39 is 0 Å². The Hall–Kier alpha value is -0.910. The number of nitrogens with one attached hydrogen (secondary N) is 2. The van der Waals surface area contributed by atoms with Gasteiger partial charge in [-0.3, -0.25) is 9.69 Å². The van der Waals surface area contributed by atoms with Crippen LogP contribution in [-0.4, -0.2) is 43.5 Å². The molecule has 0 bridgehead atoms. The second-order valence-corrected chi connectivity index (χ2v) is 5.41. The summed E-state index contributed by atoms with van der Waals surface area (Å²) in [6.45, 7) is 6.27. The van der Waals surface area contributed by atoms with E-state index in [-0.39, 0.29) is 5.91 Å². The molecule has 1 fully saturated rings. The summed E-state index contributed by atoms with van der Waals surface area (Å²) in [5, 5.41) is 6.21. The minimum atomic E-state index is 0.0430. The largest absolute Gasteiger partial charge is 0.324 e. The summed E-state index contributed by atoms with van der Waals surface area (Å²) < 4.78 is 0.927. The van der Waals surface area contributed by atoms with Gasteiger partial charge in [0, 0.05) is 30.7 Å². The highest BCUT2D eigenvalue weighted by Crippen LogP contribution is 2.23. The van der Waals surface area contributed by atoms with Crippen molar-refractivity contribution < 1.29 is 4.79 Å². The van der Waals surface area contributed by atoms with Crippen molar-refractivity contribution in [2.45, 2.75) is 6.92 Å². The summed E-state index contributed by atoms with van der Waals surface area (Å²) in [7, 11) is 0. The summed E-state index contributed by atoms with van der Waals surface area (Å²) in [4.78, 5) is 14.1. The van der Waals surface area contributed by atoms with E-state index in [9.17, 15) is 4.79 Å². The maximum absolute atomic E-state index is 11.9. The summed E-state index contributed by atoms with van der Waals surface area (Å²) >= 11 is 3.46. The Kier molecular flexibility index (Phi) is 4.74. The molecule has 0 spiro atoms. The maximum atomic E-state index is 11.9. The number of hydrogen-bond acceptors (Lipinski definition) is 3. The highest BCUT2D eigenvalue weighted by atomic mass is 79.9. The van der Waals surface area contributed by atoms with Crippen LogP contribution in [0.4, 0.5) is 5.69 Å². The van der Waals surface area contributed by atoms with Crippen LogP contribution < -0.4 is 10.6 Å². The van der Waals surface area contributed by atoms with E-state index in [0.717, 1.165) is 36.3 Å². The zero-order chi connectivity index (χ0) is 13.0. The SMILES string of the molecule is Cc1ccc(NC(=O)CN2CCNCC2)c(Br)c1. The van der Waals surface area contributed by atoms with Crippen molar-refractivity contribution in [3.05, 3.63) is 28.2 Å². The fraction of sp³-hybridized carbons (Fsp3) is 0.462. The number of hydrogen-bond donors (Lipinski definition) is 2. The standard InChI is InChI=1S/C13H18BrN3O/c1-10-2-3-12(11(14)8-10)16-13(18)9-17-6-4-15-5-7-17/h2-3,8,15H,4-7,9H2,1H3,(H,16,18). The molecule has 0 saturated carbocycles. The average Bonchev–Trinajstić information content (AvgIpc) is 2.34. The molecule has 1 amide bonds. The van der Waals surface area contributed by atoms with E-state index in [1.165, 1.54) is 5.56 Å². The predicted octanol–water partition coefficient (Wildman–Crippen LogP) is 1.60. The van der Waals surface area contributed by atoms with E-state index >= 15 is 0 Å². The molecule has 0 unspecified atom stereocenters. The van der Waals surface area contributed by atoms with Crippen molar-refractivity contribution in [3.63, 3.8) is 0 Å². The summed E-state index contributed by atoms with van der Waals surface area (Å²) in [6, 6.07) is 5.92. The molecule has 1 aromatic rings. The predicted molar refractivity (Wildman–Crippen MR) is 76.8 cm³/mol. The van der Waals surface area contributed by atoms with Crippen LogP contribution in [-0.2, 0) is 4.79 Å². The molecule has 5 heteroatoms. The molecule has 1 saturated heterocycles. The number of anilines is 1. The molecule has 1 aliphatic rings. The lowest BCUT2D eigenvalue weighted by atomic mass is 10.2. The molecule has 98 valence electrons. The molecule has 4 nitrogen and oxygen atoms in total. The Morgan fingerprint density at radius 1 is 1.44 bits per heavy atom. The highest BCUT2D eigenvalue weighted by molar-refractivity contribution is 9.10. The van der Waals surface area contributed by atoms with Crippen LogP contribution in [0.25, 0.3) is 0 Å². The van der Waals surface area contributed by atoms with Gasteiger partial charge in [0.1, 0.15) is 0 Å². The molecular weight excluding hydrogens is 294 g/mol. The van der Waals surface area contributed by atoms with Gasteiger partial charge in [0.05, 0.1) is 12.2 Å². The zero-order valence-electron chi connectivity index (χ0n) is 10.5. The molecule has 0 aromatic heterocycles. The van der Waals surface area contributed by atoms with Crippen LogP contribution in [0.15, 0.2) is 22.7 Å². The van der Waals surface area contributed by atoms with E-state index in [0.29, 0.717) is 6.54 Å². The fourth-order valence-corrected chi connectivity index (χ4v) is 2.58. The third-order valence-corrected chi connectivity index (χ3v) is 3.63. The van der Waals surface area contributed by atoms with Gasteiger partial charge in [0.15, 0.2) is 0 Å². The zero-order valence-corrected chi connectivity index (χ0v) is 12.1. The van der Waals surface area contributed by atoms with E-state index in [1.54, 1.807) is 0 Å². The topological polar surface area (TPSA) is 44.4 Å². The minimum Gasteiger partial charge on any atom is -0.324 e. The molecular formula is C13H18BrN3O. The Labute approximate surface area is 116 Å². The molecule has 0 atom stereocenters. The number of amides is 1. The van der Waals surface area contributed by atoms with Crippen LogP contribution in [0.1, 0.15) is 5.56 Å². The lowest BCUT2D eigenvalue weighted by Crippen LogP contribution is -2.46. The molecule has 0 radical (unpaired) electrons. The van der Waals surface area contributed by atoms with E-state index in [2.05, 4.69) is 31.5 Å². The number of piperazine rings is 1. The first-order chi connectivity index (χ1) is 8.65. The summed E-state index contributed by atoms with van der Waals surface area (Å²) in [5.74, 6) is 0.0430. The number of carbonyl (C=O) groups excluding carboxylic acids is 1. The molecule has 2 N–H and O–H groups in total. The van der Waals surface area contributed by atoms with Gasteiger partial charge in [0.25, 0.3) is 0 Å². The van der Waals surface area contributed by atoms with Gasteiger partial charge < -0.3 is 10.6 Å². The van der Waals surface area contributed by atoms with Crippen LogP contribution in [0.5, 0.6) is 0 Å². The fourth-order valence-electron chi connectivity index (χ4n) is 1.98. The van der Waals surface area contributed by atoms with Gasteiger partial charge >= 0.3 is 0 Å². The van der Waals surface area contributed by atoms with Crippen molar-refractivity contribution in [1.29, 1.82) is 0 Å². The third-order valence-electron chi connectivity index (χ3n) is 2.98. The van der Waals surface area contributed by atoms with Crippen molar-refractivity contribution in [2.75, 3.05) is 38.0 Å². The van der Waals surface area contributed by atoms with Gasteiger partial charge in [-0.25, -0.2) is 0 Å². The molecule has 0 aliphatic carbocycles. The number of carbonyl (C=O) groups is 1. The first-order valence-corrected chi connectivity index (χ1v) is 6.93. The highest BCUT2D eigenvalue weighted by Gasteiger charge is 2.14. The van der Waals surface area contributed by atoms with Crippen LogP contribution in [0, 0.1) is 6.92 Å². The van der Waals surface area contributed by atoms with Crippen molar-refractivity contribution in [1.82, 2.24) is 10.2 Å². The summed E-state index contributed by atoms with van der Waals surface area (Å²) in [6.07, 6.45) is 0. The Morgan fingerprint density at radius 2 is 2.17 bits per heavy atom. The van der Waals surface area contributed by atoms with Crippen LogP contribution in [0.3, 0.4) is 0 Å². The monoisotopic (exact) mass is 311 g/mol. The van der Waals surface area contributed by atoms with Crippen LogP contribution >= 0.6 is 15.9 Å². The van der Waals surface area contributed by atoms with E-state index in [1.807, 2.05) is 25.1 Å². The van der Waals surface area contributed by atoms with Gasteiger partial charge in [-0.05, 0) is 40.5 Å². The molecule has 1 aliphatic heterocycles. The molecule has 18 heavy (non-hydrogen) atoms. The Morgan fingerprint density at radius 3 is 2.83 bits per heavy atom. The third kappa shape index (κ3) is 3.80. The molecule has 1 heterocycles.